The molecule has 9 heteroatoms. The van der Waals surface area contributed by atoms with Gasteiger partial charge in [-0.25, -0.2) is 0 Å². The summed E-state index contributed by atoms with van der Waals surface area (Å²) in [5.74, 6) is -0.960. The molecule has 0 aliphatic heterocycles. The van der Waals surface area contributed by atoms with E-state index in [0.717, 1.165) is 15.9 Å². The van der Waals surface area contributed by atoms with E-state index in [-0.39, 0.29) is 24.7 Å². The summed E-state index contributed by atoms with van der Waals surface area (Å²) in [4.78, 5) is 28.5. The highest BCUT2D eigenvalue weighted by Gasteiger charge is 2.33. The molecule has 34 heavy (non-hydrogen) atoms. The largest absolute Gasteiger partial charge is 0.418 e. The molecule has 0 radical (unpaired) electrons. The standard InChI is InChI=1S/C25H24F3N3O2S/c1-2-31(16-23(32)29-20-13-7-6-12-19(20)25(26,27)28)17-24(33)30-21-14-8-9-15-22(21)34-18-10-4-3-5-11-18/h3-15H,2,16-17H2,1H3,(H,29,32)(H,30,33). The summed E-state index contributed by atoms with van der Waals surface area (Å²) in [5.41, 5.74) is -0.593. The minimum Gasteiger partial charge on any atom is -0.324 e. The van der Waals surface area contributed by atoms with Gasteiger partial charge in [0, 0.05) is 9.79 Å². The molecule has 0 aliphatic rings. The van der Waals surface area contributed by atoms with Gasteiger partial charge in [0.2, 0.25) is 11.8 Å². The Bertz CT molecular complexity index is 1120. The molecule has 178 valence electrons. The minimum absolute atomic E-state index is 0.0881. The molecule has 0 spiro atoms. The number of nitrogens with zero attached hydrogens (tertiary/aromatic N) is 1. The number of para-hydroxylation sites is 2. The molecule has 0 saturated carbocycles. The van der Waals surface area contributed by atoms with Gasteiger partial charge < -0.3 is 10.6 Å². The molecule has 0 unspecified atom stereocenters. The van der Waals surface area contributed by atoms with Crippen LogP contribution in [0.5, 0.6) is 0 Å². The summed E-state index contributed by atoms with van der Waals surface area (Å²) in [6, 6.07) is 21.9. The number of alkyl halides is 3. The molecule has 3 aromatic rings. The monoisotopic (exact) mass is 487 g/mol. The van der Waals surface area contributed by atoms with Crippen LogP contribution in [-0.2, 0) is 15.8 Å². The van der Waals surface area contributed by atoms with Crippen molar-refractivity contribution < 1.29 is 22.8 Å². The number of halogens is 3. The Kier molecular flexibility index (Phi) is 8.72. The van der Waals surface area contributed by atoms with Gasteiger partial charge >= 0.3 is 6.18 Å². The van der Waals surface area contributed by atoms with Gasteiger partial charge in [0.1, 0.15) is 0 Å². The maximum Gasteiger partial charge on any atom is 0.418 e. The molecule has 3 rings (SSSR count). The van der Waals surface area contributed by atoms with Crippen molar-refractivity contribution >= 4 is 35.0 Å². The average molecular weight is 488 g/mol. The summed E-state index contributed by atoms with van der Waals surface area (Å²) >= 11 is 1.51. The van der Waals surface area contributed by atoms with Crippen LogP contribution in [0.2, 0.25) is 0 Å². The summed E-state index contributed by atoms with van der Waals surface area (Å²) in [6.45, 7) is 1.82. The molecule has 0 heterocycles. The zero-order chi connectivity index (χ0) is 24.6. The van der Waals surface area contributed by atoms with Crippen LogP contribution < -0.4 is 10.6 Å². The van der Waals surface area contributed by atoms with Gasteiger partial charge in [-0.15, -0.1) is 0 Å². The average Bonchev–Trinajstić information content (AvgIpc) is 2.80. The quantitative estimate of drug-likeness (QED) is 0.403. The number of benzene rings is 3. The number of nitrogens with one attached hydrogen (secondary N) is 2. The molecule has 0 fully saturated rings. The Labute approximate surface area is 200 Å². The van der Waals surface area contributed by atoms with Crippen molar-refractivity contribution in [2.45, 2.75) is 22.9 Å². The Balaban J connectivity index is 1.60. The van der Waals surface area contributed by atoms with Crippen LogP contribution in [-0.4, -0.2) is 36.3 Å². The van der Waals surface area contributed by atoms with E-state index < -0.39 is 17.6 Å². The number of amides is 2. The van der Waals surface area contributed by atoms with E-state index in [0.29, 0.717) is 12.2 Å². The summed E-state index contributed by atoms with van der Waals surface area (Å²) in [7, 11) is 0. The lowest BCUT2D eigenvalue weighted by molar-refractivity contribution is -0.137. The third-order valence-corrected chi connectivity index (χ3v) is 5.90. The van der Waals surface area contributed by atoms with Crippen molar-refractivity contribution in [3.63, 3.8) is 0 Å². The van der Waals surface area contributed by atoms with Crippen molar-refractivity contribution in [3.8, 4) is 0 Å². The van der Waals surface area contributed by atoms with Crippen molar-refractivity contribution in [1.29, 1.82) is 0 Å². The number of anilines is 2. The first-order valence-corrected chi connectivity index (χ1v) is 11.4. The third kappa shape index (κ3) is 7.36. The van der Waals surface area contributed by atoms with Gasteiger partial charge in [-0.2, -0.15) is 13.2 Å². The van der Waals surface area contributed by atoms with Crippen molar-refractivity contribution in [1.82, 2.24) is 4.90 Å². The fourth-order valence-electron chi connectivity index (χ4n) is 3.18. The Morgan fingerprint density at radius 2 is 1.32 bits per heavy atom. The van der Waals surface area contributed by atoms with Gasteiger partial charge in [-0.1, -0.05) is 61.2 Å². The number of hydrogen-bond donors (Lipinski definition) is 2. The van der Waals surface area contributed by atoms with Crippen molar-refractivity contribution in [3.05, 3.63) is 84.4 Å². The Morgan fingerprint density at radius 1 is 0.794 bits per heavy atom. The predicted octanol–water partition coefficient (Wildman–Crippen LogP) is 5.76. The lowest BCUT2D eigenvalue weighted by Gasteiger charge is -2.20. The fraction of sp³-hybridized carbons (Fsp3) is 0.200. The normalized spacial score (nSPS) is 11.3. The van der Waals surface area contributed by atoms with Gasteiger partial charge in [0.25, 0.3) is 0 Å². The molecular formula is C25H24F3N3O2S. The van der Waals surface area contributed by atoms with Gasteiger partial charge in [0.05, 0.1) is 30.0 Å². The van der Waals surface area contributed by atoms with Crippen LogP contribution in [0.1, 0.15) is 12.5 Å². The molecule has 0 aliphatic carbocycles. The lowest BCUT2D eigenvalue weighted by atomic mass is 10.1. The maximum atomic E-state index is 13.2. The summed E-state index contributed by atoms with van der Waals surface area (Å²) < 4.78 is 39.5. The minimum atomic E-state index is -4.58. The number of likely N-dealkylation sites (N-methyl/N-ethyl adjacent to an activating group) is 1. The number of hydrogen-bond acceptors (Lipinski definition) is 4. The van der Waals surface area contributed by atoms with Crippen LogP contribution in [0.15, 0.2) is 88.7 Å². The van der Waals surface area contributed by atoms with Gasteiger partial charge in [-0.05, 0) is 42.9 Å². The van der Waals surface area contributed by atoms with Crippen molar-refractivity contribution in [2.75, 3.05) is 30.3 Å². The Hall–Kier alpha value is -3.30. The van der Waals surface area contributed by atoms with Crippen LogP contribution in [0, 0.1) is 0 Å². The van der Waals surface area contributed by atoms with Crippen LogP contribution in [0.4, 0.5) is 24.5 Å². The van der Waals surface area contributed by atoms with E-state index in [4.69, 9.17) is 0 Å². The predicted molar refractivity (Wildman–Crippen MR) is 128 cm³/mol. The van der Waals surface area contributed by atoms with Crippen LogP contribution in [0.25, 0.3) is 0 Å². The number of rotatable bonds is 9. The molecule has 3 aromatic carbocycles. The second-order valence-corrected chi connectivity index (χ2v) is 8.47. The second-order valence-electron chi connectivity index (χ2n) is 7.35. The van der Waals surface area contributed by atoms with Gasteiger partial charge in [0.15, 0.2) is 0 Å². The van der Waals surface area contributed by atoms with E-state index in [1.54, 1.807) is 17.9 Å². The highest BCUT2D eigenvalue weighted by molar-refractivity contribution is 7.99. The molecule has 2 amide bonds. The van der Waals surface area contributed by atoms with Gasteiger partial charge in [-0.3, -0.25) is 14.5 Å². The lowest BCUT2D eigenvalue weighted by Crippen LogP contribution is -2.38. The Morgan fingerprint density at radius 3 is 1.94 bits per heavy atom. The third-order valence-electron chi connectivity index (χ3n) is 4.82. The number of carbonyl (C=O) groups is 2. The van der Waals surface area contributed by atoms with Crippen molar-refractivity contribution in [2.24, 2.45) is 0 Å². The van der Waals surface area contributed by atoms with E-state index >= 15 is 0 Å². The second kappa shape index (κ2) is 11.7. The smallest absolute Gasteiger partial charge is 0.324 e. The zero-order valence-corrected chi connectivity index (χ0v) is 19.2. The molecule has 0 aromatic heterocycles. The highest BCUT2D eigenvalue weighted by atomic mass is 32.2. The van der Waals surface area contributed by atoms with Crippen LogP contribution in [0.3, 0.4) is 0 Å². The highest BCUT2D eigenvalue weighted by Crippen LogP contribution is 2.35. The summed E-state index contributed by atoms with van der Waals surface area (Å²) in [5, 5.41) is 5.17. The van der Waals surface area contributed by atoms with E-state index in [2.05, 4.69) is 10.6 Å². The first kappa shape index (κ1) is 25.3. The molecule has 5 nitrogen and oxygen atoms in total. The van der Waals surface area contributed by atoms with E-state index in [1.807, 2.05) is 48.5 Å². The summed E-state index contributed by atoms with van der Waals surface area (Å²) in [6.07, 6.45) is -4.58. The van der Waals surface area contributed by atoms with E-state index in [9.17, 15) is 22.8 Å². The first-order chi connectivity index (χ1) is 16.3. The zero-order valence-electron chi connectivity index (χ0n) is 18.4. The first-order valence-electron chi connectivity index (χ1n) is 10.6. The van der Waals surface area contributed by atoms with Crippen LogP contribution >= 0.6 is 11.8 Å². The molecular weight excluding hydrogens is 463 g/mol. The molecule has 0 bridgehead atoms. The van der Waals surface area contributed by atoms with E-state index in [1.165, 1.54) is 30.0 Å². The molecule has 0 saturated heterocycles. The topological polar surface area (TPSA) is 61.4 Å². The SMILES string of the molecule is CCN(CC(=O)Nc1ccccc1Sc1ccccc1)CC(=O)Nc1ccccc1C(F)(F)F. The maximum absolute atomic E-state index is 13.2. The number of carbonyl (C=O) groups excluding carboxylic acids is 2. The molecule has 2 N–H and O–H groups in total. The molecule has 0 atom stereocenters. The fourth-order valence-corrected chi connectivity index (χ4v) is 4.10.